The second-order valence-corrected chi connectivity index (χ2v) is 5.93. The first kappa shape index (κ1) is 17.2. The molecule has 0 aliphatic heterocycles. The van der Waals surface area contributed by atoms with Crippen LogP contribution in [0.25, 0.3) is 11.3 Å². The van der Waals surface area contributed by atoms with E-state index in [-0.39, 0.29) is 17.9 Å². The van der Waals surface area contributed by atoms with Crippen LogP contribution in [-0.4, -0.2) is 28.6 Å². The predicted octanol–water partition coefficient (Wildman–Crippen LogP) is 2.80. The smallest absolute Gasteiger partial charge is 0.220 e. The molecule has 1 heterocycles. The van der Waals surface area contributed by atoms with E-state index in [4.69, 9.17) is 4.42 Å². The Morgan fingerprint density at radius 2 is 2.04 bits per heavy atom. The molecule has 1 aromatic heterocycles. The number of aliphatic hydroxyl groups is 1. The van der Waals surface area contributed by atoms with Gasteiger partial charge in [0.15, 0.2) is 11.7 Å². The summed E-state index contributed by atoms with van der Waals surface area (Å²) in [5, 5.41) is 12.5. The molecule has 0 spiro atoms. The molecule has 0 saturated heterocycles. The molecular formula is C18H24N2O3. The maximum Gasteiger partial charge on any atom is 0.220 e. The minimum atomic E-state index is -0.379. The van der Waals surface area contributed by atoms with Crippen LogP contribution in [0.15, 0.2) is 40.9 Å². The van der Waals surface area contributed by atoms with Gasteiger partial charge in [0, 0.05) is 24.9 Å². The van der Waals surface area contributed by atoms with Crippen molar-refractivity contribution in [2.75, 3.05) is 6.54 Å². The fraction of sp³-hybridized carbons (Fsp3) is 0.444. The van der Waals surface area contributed by atoms with Gasteiger partial charge in [-0.05, 0) is 12.3 Å². The normalized spacial score (nSPS) is 12.3. The minimum absolute atomic E-state index is 0.0552. The zero-order valence-corrected chi connectivity index (χ0v) is 13.7. The van der Waals surface area contributed by atoms with E-state index in [2.05, 4.69) is 10.3 Å². The van der Waals surface area contributed by atoms with Crippen molar-refractivity contribution < 1.29 is 14.3 Å². The number of nitrogens with one attached hydrogen (secondary N) is 1. The molecule has 0 bridgehead atoms. The maximum absolute atomic E-state index is 11.8. The number of nitrogens with zero attached hydrogens (tertiary/aromatic N) is 1. The first-order chi connectivity index (χ1) is 11.1. The van der Waals surface area contributed by atoms with Crippen molar-refractivity contribution in [2.24, 2.45) is 5.92 Å². The van der Waals surface area contributed by atoms with Gasteiger partial charge < -0.3 is 14.8 Å². The molecule has 0 fully saturated rings. The van der Waals surface area contributed by atoms with Crippen LogP contribution in [-0.2, 0) is 11.2 Å². The van der Waals surface area contributed by atoms with E-state index < -0.39 is 0 Å². The summed E-state index contributed by atoms with van der Waals surface area (Å²) in [4.78, 5) is 16.0. The molecule has 1 aromatic carbocycles. The lowest BCUT2D eigenvalue weighted by Gasteiger charge is -2.14. The number of benzene rings is 1. The largest absolute Gasteiger partial charge is 0.441 e. The Labute approximate surface area is 136 Å². The van der Waals surface area contributed by atoms with Crippen LogP contribution in [0.2, 0.25) is 0 Å². The van der Waals surface area contributed by atoms with E-state index in [0.717, 1.165) is 5.56 Å². The zero-order chi connectivity index (χ0) is 16.7. The lowest BCUT2D eigenvalue weighted by molar-refractivity contribution is -0.121. The Kier molecular flexibility index (Phi) is 6.35. The summed E-state index contributed by atoms with van der Waals surface area (Å²) < 4.78 is 5.66. The lowest BCUT2D eigenvalue weighted by Crippen LogP contribution is -2.28. The van der Waals surface area contributed by atoms with E-state index in [1.165, 1.54) is 0 Å². The van der Waals surface area contributed by atoms with Crippen LogP contribution in [0, 0.1) is 5.92 Å². The molecule has 1 amide bonds. The second-order valence-electron chi connectivity index (χ2n) is 5.93. The average molecular weight is 316 g/mol. The highest BCUT2D eigenvalue weighted by Gasteiger charge is 2.11. The summed E-state index contributed by atoms with van der Waals surface area (Å²) in [6, 6.07) is 9.74. The number of carbonyl (C=O) groups excluding carboxylic acids is 1. The predicted molar refractivity (Wildman–Crippen MR) is 88.7 cm³/mol. The standard InChI is InChI=1S/C18H24N2O3/c1-13(2)15(21)10-11-19-17(22)8-9-18-20-12-16(23-18)14-6-4-3-5-7-14/h3-7,12-13,15,21H,8-11H2,1-2H3,(H,19,22). The van der Waals surface area contributed by atoms with Crippen molar-refractivity contribution in [1.82, 2.24) is 10.3 Å². The third-order valence-electron chi connectivity index (χ3n) is 3.71. The zero-order valence-electron chi connectivity index (χ0n) is 13.7. The van der Waals surface area contributed by atoms with Crippen molar-refractivity contribution in [3.8, 4) is 11.3 Å². The van der Waals surface area contributed by atoms with Gasteiger partial charge in [-0.2, -0.15) is 0 Å². The summed E-state index contributed by atoms with van der Waals surface area (Å²) in [5.41, 5.74) is 0.971. The van der Waals surface area contributed by atoms with Crippen LogP contribution in [0.5, 0.6) is 0 Å². The van der Waals surface area contributed by atoms with Gasteiger partial charge in [0.1, 0.15) is 0 Å². The Balaban J connectivity index is 1.74. The van der Waals surface area contributed by atoms with Crippen molar-refractivity contribution in [3.63, 3.8) is 0 Å². The van der Waals surface area contributed by atoms with Crippen LogP contribution in [0.1, 0.15) is 32.6 Å². The Hall–Kier alpha value is -2.14. The van der Waals surface area contributed by atoms with Crippen molar-refractivity contribution >= 4 is 5.91 Å². The highest BCUT2D eigenvalue weighted by atomic mass is 16.4. The van der Waals surface area contributed by atoms with Gasteiger partial charge in [0.05, 0.1) is 12.3 Å². The number of rotatable bonds is 8. The van der Waals surface area contributed by atoms with Crippen LogP contribution >= 0.6 is 0 Å². The number of hydrogen-bond acceptors (Lipinski definition) is 4. The maximum atomic E-state index is 11.8. The Morgan fingerprint density at radius 3 is 2.74 bits per heavy atom. The van der Waals surface area contributed by atoms with Crippen molar-refractivity contribution in [2.45, 2.75) is 39.2 Å². The molecule has 0 aliphatic rings. The Bertz CT molecular complexity index is 608. The molecule has 23 heavy (non-hydrogen) atoms. The number of aliphatic hydroxyl groups excluding tert-OH is 1. The first-order valence-electron chi connectivity index (χ1n) is 8.01. The second kappa shape index (κ2) is 8.48. The van der Waals surface area contributed by atoms with Gasteiger partial charge in [-0.15, -0.1) is 0 Å². The first-order valence-corrected chi connectivity index (χ1v) is 8.01. The van der Waals surface area contributed by atoms with Gasteiger partial charge in [-0.1, -0.05) is 44.2 Å². The highest BCUT2D eigenvalue weighted by Crippen LogP contribution is 2.20. The lowest BCUT2D eigenvalue weighted by atomic mass is 10.0. The van der Waals surface area contributed by atoms with E-state index in [1.54, 1.807) is 6.20 Å². The van der Waals surface area contributed by atoms with Crippen molar-refractivity contribution in [1.29, 1.82) is 0 Å². The van der Waals surface area contributed by atoms with E-state index in [9.17, 15) is 9.90 Å². The molecule has 2 rings (SSSR count). The SMILES string of the molecule is CC(C)C(O)CCNC(=O)CCc1ncc(-c2ccccc2)o1. The van der Waals surface area contributed by atoms with Gasteiger partial charge in [0.2, 0.25) is 5.91 Å². The third-order valence-corrected chi connectivity index (χ3v) is 3.71. The number of aromatic nitrogens is 1. The van der Waals surface area contributed by atoms with Gasteiger partial charge >= 0.3 is 0 Å². The highest BCUT2D eigenvalue weighted by molar-refractivity contribution is 5.76. The minimum Gasteiger partial charge on any atom is -0.441 e. The van der Waals surface area contributed by atoms with Gasteiger partial charge in [-0.25, -0.2) is 4.98 Å². The third kappa shape index (κ3) is 5.53. The molecule has 1 atom stereocenters. The number of amides is 1. The summed E-state index contributed by atoms with van der Waals surface area (Å²) in [7, 11) is 0. The molecule has 0 aliphatic carbocycles. The molecule has 5 heteroatoms. The monoisotopic (exact) mass is 316 g/mol. The fourth-order valence-electron chi connectivity index (χ4n) is 2.16. The molecule has 0 radical (unpaired) electrons. The molecule has 124 valence electrons. The summed E-state index contributed by atoms with van der Waals surface area (Å²) in [6.07, 6.45) is 2.66. The summed E-state index contributed by atoms with van der Waals surface area (Å²) >= 11 is 0. The number of carbonyl (C=O) groups is 1. The molecule has 5 nitrogen and oxygen atoms in total. The molecule has 2 N–H and O–H groups in total. The number of aryl methyl sites for hydroxylation is 1. The number of hydrogen-bond donors (Lipinski definition) is 2. The van der Waals surface area contributed by atoms with Crippen molar-refractivity contribution in [3.05, 3.63) is 42.4 Å². The van der Waals surface area contributed by atoms with Crippen LogP contribution < -0.4 is 5.32 Å². The van der Waals surface area contributed by atoms with Gasteiger partial charge in [-0.3, -0.25) is 4.79 Å². The summed E-state index contributed by atoms with van der Waals surface area (Å²) in [6.45, 7) is 4.40. The molecule has 1 unspecified atom stereocenters. The number of oxazole rings is 1. The molecular weight excluding hydrogens is 292 g/mol. The summed E-state index contributed by atoms with van der Waals surface area (Å²) in [5.74, 6) is 1.42. The van der Waals surface area contributed by atoms with Crippen LogP contribution in [0.4, 0.5) is 0 Å². The van der Waals surface area contributed by atoms with Crippen LogP contribution in [0.3, 0.4) is 0 Å². The van der Waals surface area contributed by atoms with E-state index in [0.29, 0.717) is 37.5 Å². The van der Waals surface area contributed by atoms with Gasteiger partial charge in [0.25, 0.3) is 0 Å². The quantitative estimate of drug-likeness (QED) is 0.785. The fourth-order valence-corrected chi connectivity index (χ4v) is 2.16. The average Bonchev–Trinajstić information content (AvgIpc) is 3.02. The van der Waals surface area contributed by atoms with E-state index in [1.807, 2.05) is 44.2 Å². The Morgan fingerprint density at radius 1 is 1.30 bits per heavy atom. The molecule has 0 saturated carbocycles. The molecule has 2 aromatic rings. The van der Waals surface area contributed by atoms with E-state index >= 15 is 0 Å². The topological polar surface area (TPSA) is 75.4 Å².